The van der Waals surface area contributed by atoms with Crippen LogP contribution in [-0.4, -0.2) is 6.04 Å². The van der Waals surface area contributed by atoms with Gasteiger partial charge in [-0.25, -0.2) is 8.78 Å². The summed E-state index contributed by atoms with van der Waals surface area (Å²) in [5.74, 6) is -0.715. The molecule has 0 radical (unpaired) electrons. The Balaban J connectivity index is 2.46. The highest BCUT2D eigenvalue weighted by Gasteiger charge is 2.05. The topological polar surface area (TPSA) is 26.0 Å². The van der Waals surface area contributed by atoms with E-state index in [1.165, 1.54) is 12.1 Å². The highest BCUT2D eigenvalue weighted by atomic mass is 19.1. The van der Waals surface area contributed by atoms with Crippen molar-refractivity contribution in [2.45, 2.75) is 38.6 Å². The van der Waals surface area contributed by atoms with Crippen molar-refractivity contribution in [3.05, 3.63) is 35.4 Å². The molecule has 0 bridgehead atoms. The SMILES string of the molecule is CCC(N)CCCc1cc(F)ccc1F. The highest BCUT2D eigenvalue weighted by molar-refractivity contribution is 5.18. The second-order valence-corrected chi connectivity index (χ2v) is 3.80. The van der Waals surface area contributed by atoms with Crippen molar-refractivity contribution in [2.24, 2.45) is 5.73 Å². The Labute approximate surface area is 89.3 Å². The molecule has 0 fully saturated rings. The van der Waals surface area contributed by atoms with Crippen molar-refractivity contribution in [1.82, 2.24) is 0 Å². The minimum Gasteiger partial charge on any atom is -0.328 e. The Morgan fingerprint density at radius 3 is 2.73 bits per heavy atom. The molecule has 0 amide bonds. The molecule has 0 spiro atoms. The van der Waals surface area contributed by atoms with Crippen LogP contribution in [0.15, 0.2) is 18.2 Å². The van der Waals surface area contributed by atoms with Crippen LogP contribution < -0.4 is 5.73 Å². The molecule has 1 nitrogen and oxygen atoms in total. The first-order valence-corrected chi connectivity index (χ1v) is 5.33. The maximum atomic E-state index is 13.2. The third-order valence-electron chi connectivity index (χ3n) is 2.55. The molecule has 1 rings (SSSR count). The Morgan fingerprint density at radius 2 is 2.07 bits per heavy atom. The van der Waals surface area contributed by atoms with E-state index in [-0.39, 0.29) is 17.7 Å². The quantitative estimate of drug-likeness (QED) is 0.799. The van der Waals surface area contributed by atoms with Crippen LogP contribution >= 0.6 is 0 Å². The van der Waals surface area contributed by atoms with Crippen LogP contribution in [0.1, 0.15) is 31.7 Å². The summed E-state index contributed by atoms with van der Waals surface area (Å²) < 4.78 is 26.0. The zero-order valence-corrected chi connectivity index (χ0v) is 8.97. The predicted molar refractivity (Wildman–Crippen MR) is 57.6 cm³/mol. The summed E-state index contributed by atoms with van der Waals surface area (Å²) in [6, 6.07) is 3.73. The van der Waals surface area contributed by atoms with Crippen LogP contribution in [0, 0.1) is 11.6 Å². The molecule has 0 heterocycles. The van der Waals surface area contributed by atoms with Gasteiger partial charge < -0.3 is 5.73 Å². The Bertz CT molecular complexity index is 312. The largest absolute Gasteiger partial charge is 0.328 e. The summed E-state index contributed by atoms with van der Waals surface area (Å²) in [4.78, 5) is 0. The van der Waals surface area contributed by atoms with Crippen molar-refractivity contribution in [3.8, 4) is 0 Å². The van der Waals surface area contributed by atoms with E-state index >= 15 is 0 Å². The van der Waals surface area contributed by atoms with Gasteiger partial charge in [0.25, 0.3) is 0 Å². The number of rotatable bonds is 5. The first-order chi connectivity index (χ1) is 7.13. The average molecular weight is 213 g/mol. The van der Waals surface area contributed by atoms with E-state index in [2.05, 4.69) is 0 Å². The molecule has 1 aromatic carbocycles. The predicted octanol–water partition coefficient (Wildman–Crippen LogP) is 3.02. The number of nitrogens with two attached hydrogens (primary N) is 1. The summed E-state index contributed by atoms with van der Waals surface area (Å²) >= 11 is 0. The van der Waals surface area contributed by atoms with Gasteiger partial charge in [0.15, 0.2) is 0 Å². The minimum absolute atomic E-state index is 0.168. The fourth-order valence-corrected chi connectivity index (χ4v) is 1.49. The van der Waals surface area contributed by atoms with E-state index in [4.69, 9.17) is 5.73 Å². The number of benzene rings is 1. The van der Waals surface area contributed by atoms with E-state index in [9.17, 15) is 8.78 Å². The molecule has 0 saturated carbocycles. The van der Waals surface area contributed by atoms with E-state index in [1.54, 1.807) is 0 Å². The van der Waals surface area contributed by atoms with Gasteiger partial charge in [0.05, 0.1) is 0 Å². The second kappa shape index (κ2) is 5.81. The van der Waals surface area contributed by atoms with Gasteiger partial charge in [-0.15, -0.1) is 0 Å². The normalized spacial score (nSPS) is 12.8. The molecule has 15 heavy (non-hydrogen) atoms. The van der Waals surface area contributed by atoms with Gasteiger partial charge in [0, 0.05) is 6.04 Å². The zero-order valence-electron chi connectivity index (χ0n) is 8.97. The third-order valence-corrected chi connectivity index (χ3v) is 2.55. The smallest absolute Gasteiger partial charge is 0.126 e. The molecule has 0 saturated heterocycles. The molecule has 0 aromatic heterocycles. The maximum absolute atomic E-state index is 13.2. The van der Waals surface area contributed by atoms with E-state index < -0.39 is 0 Å². The van der Waals surface area contributed by atoms with Crippen molar-refractivity contribution >= 4 is 0 Å². The fraction of sp³-hybridized carbons (Fsp3) is 0.500. The summed E-state index contributed by atoms with van der Waals surface area (Å²) in [5.41, 5.74) is 6.18. The lowest BCUT2D eigenvalue weighted by atomic mass is 10.0. The maximum Gasteiger partial charge on any atom is 0.126 e. The minimum atomic E-state index is -0.383. The average Bonchev–Trinajstić information content (AvgIpc) is 2.23. The molecule has 0 aliphatic carbocycles. The van der Waals surface area contributed by atoms with Gasteiger partial charge in [0.2, 0.25) is 0 Å². The van der Waals surface area contributed by atoms with Gasteiger partial charge >= 0.3 is 0 Å². The van der Waals surface area contributed by atoms with Gasteiger partial charge in [-0.1, -0.05) is 6.92 Å². The molecular weight excluding hydrogens is 196 g/mol. The standard InChI is InChI=1S/C12H17F2N/c1-2-11(15)5-3-4-9-8-10(13)6-7-12(9)14/h6-8,11H,2-5,15H2,1H3. The van der Waals surface area contributed by atoms with Crippen LogP contribution in [0.25, 0.3) is 0 Å². The summed E-state index contributed by atoms with van der Waals surface area (Å²) in [6.07, 6.45) is 3.13. The Kier molecular flexibility index (Phi) is 4.69. The van der Waals surface area contributed by atoms with Crippen LogP contribution in [0.3, 0.4) is 0 Å². The lowest BCUT2D eigenvalue weighted by Crippen LogP contribution is -2.18. The number of aryl methyl sites for hydroxylation is 1. The summed E-state index contributed by atoms with van der Waals surface area (Å²) in [5, 5.41) is 0. The van der Waals surface area contributed by atoms with Crippen molar-refractivity contribution in [3.63, 3.8) is 0 Å². The van der Waals surface area contributed by atoms with E-state index in [0.29, 0.717) is 12.0 Å². The first kappa shape index (κ1) is 12.1. The second-order valence-electron chi connectivity index (χ2n) is 3.80. The molecule has 0 aliphatic heterocycles. The van der Waals surface area contributed by atoms with Crippen molar-refractivity contribution < 1.29 is 8.78 Å². The molecule has 1 unspecified atom stereocenters. The number of halogens is 2. The number of hydrogen-bond acceptors (Lipinski definition) is 1. The highest BCUT2D eigenvalue weighted by Crippen LogP contribution is 2.13. The van der Waals surface area contributed by atoms with Crippen LogP contribution in [0.2, 0.25) is 0 Å². The Morgan fingerprint density at radius 1 is 1.33 bits per heavy atom. The van der Waals surface area contributed by atoms with Crippen molar-refractivity contribution in [2.75, 3.05) is 0 Å². The zero-order chi connectivity index (χ0) is 11.3. The summed E-state index contributed by atoms with van der Waals surface area (Å²) in [7, 11) is 0. The van der Waals surface area contributed by atoms with Crippen LogP contribution in [0.5, 0.6) is 0 Å². The van der Waals surface area contributed by atoms with E-state index in [1.807, 2.05) is 6.92 Å². The molecule has 1 atom stereocenters. The van der Waals surface area contributed by atoms with Crippen LogP contribution in [-0.2, 0) is 6.42 Å². The molecule has 1 aromatic rings. The molecule has 3 heteroatoms. The van der Waals surface area contributed by atoms with Gasteiger partial charge in [0.1, 0.15) is 11.6 Å². The third kappa shape index (κ3) is 3.96. The summed E-state index contributed by atoms with van der Waals surface area (Å²) in [6.45, 7) is 2.02. The fourth-order valence-electron chi connectivity index (χ4n) is 1.49. The molecule has 84 valence electrons. The van der Waals surface area contributed by atoms with Crippen LogP contribution in [0.4, 0.5) is 8.78 Å². The Hall–Kier alpha value is -0.960. The first-order valence-electron chi connectivity index (χ1n) is 5.33. The number of hydrogen-bond donors (Lipinski definition) is 1. The van der Waals surface area contributed by atoms with E-state index in [0.717, 1.165) is 25.3 Å². The lowest BCUT2D eigenvalue weighted by Gasteiger charge is -2.08. The van der Waals surface area contributed by atoms with Gasteiger partial charge in [-0.2, -0.15) is 0 Å². The van der Waals surface area contributed by atoms with Crippen molar-refractivity contribution in [1.29, 1.82) is 0 Å². The molecule has 2 N–H and O–H groups in total. The molecular formula is C12H17F2N. The lowest BCUT2D eigenvalue weighted by molar-refractivity contribution is 0.547. The molecule has 0 aliphatic rings. The van der Waals surface area contributed by atoms with Gasteiger partial charge in [-0.3, -0.25) is 0 Å². The van der Waals surface area contributed by atoms with Gasteiger partial charge in [-0.05, 0) is 49.4 Å². The monoisotopic (exact) mass is 213 g/mol.